The van der Waals surface area contributed by atoms with Gasteiger partial charge in [0.05, 0.1) is 12.6 Å². The summed E-state index contributed by atoms with van der Waals surface area (Å²) in [5.74, 6) is -1.00. The standard InChI is InChI=1S/C12H24N2O3/c1-5-7-14(8-11(15)16)10(4)12(17)13-9(3)6-2/h9-10H,5-8H2,1-4H3,(H,13,17)(H,15,16). The second-order valence-corrected chi connectivity index (χ2v) is 4.36. The van der Waals surface area contributed by atoms with Crippen molar-refractivity contribution in [2.45, 2.75) is 52.6 Å². The fraction of sp³-hybridized carbons (Fsp3) is 0.833. The molecular weight excluding hydrogens is 220 g/mol. The zero-order chi connectivity index (χ0) is 13.4. The van der Waals surface area contributed by atoms with Gasteiger partial charge in [-0.25, -0.2) is 0 Å². The molecule has 2 unspecified atom stereocenters. The first-order valence-electron chi connectivity index (χ1n) is 6.18. The van der Waals surface area contributed by atoms with Gasteiger partial charge in [-0.3, -0.25) is 14.5 Å². The Morgan fingerprint density at radius 2 is 1.88 bits per heavy atom. The first-order valence-corrected chi connectivity index (χ1v) is 6.18. The van der Waals surface area contributed by atoms with Crippen molar-refractivity contribution >= 4 is 11.9 Å². The van der Waals surface area contributed by atoms with Crippen molar-refractivity contribution in [1.29, 1.82) is 0 Å². The number of carbonyl (C=O) groups excluding carboxylic acids is 1. The number of carboxylic acid groups (broad SMARTS) is 1. The molecule has 0 rings (SSSR count). The van der Waals surface area contributed by atoms with Crippen LogP contribution in [0.25, 0.3) is 0 Å². The lowest BCUT2D eigenvalue weighted by Crippen LogP contribution is -2.49. The van der Waals surface area contributed by atoms with E-state index in [1.807, 2.05) is 20.8 Å². The molecule has 5 heteroatoms. The molecule has 0 saturated carbocycles. The average Bonchev–Trinajstić information content (AvgIpc) is 2.26. The van der Waals surface area contributed by atoms with Crippen LogP contribution in [0.5, 0.6) is 0 Å². The van der Waals surface area contributed by atoms with E-state index < -0.39 is 12.0 Å². The number of nitrogens with zero attached hydrogens (tertiary/aromatic N) is 1. The van der Waals surface area contributed by atoms with Gasteiger partial charge in [-0.2, -0.15) is 0 Å². The van der Waals surface area contributed by atoms with Gasteiger partial charge in [0.2, 0.25) is 5.91 Å². The molecule has 0 aliphatic carbocycles. The van der Waals surface area contributed by atoms with Gasteiger partial charge in [-0.1, -0.05) is 13.8 Å². The topological polar surface area (TPSA) is 69.6 Å². The molecular formula is C12H24N2O3. The van der Waals surface area contributed by atoms with Crippen LogP contribution in [0.4, 0.5) is 0 Å². The van der Waals surface area contributed by atoms with E-state index in [1.165, 1.54) is 0 Å². The van der Waals surface area contributed by atoms with Gasteiger partial charge in [0.25, 0.3) is 0 Å². The summed E-state index contributed by atoms with van der Waals surface area (Å²) in [5, 5.41) is 11.7. The van der Waals surface area contributed by atoms with Crippen LogP contribution in [0.3, 0.4) is 0 Å². The molecule has 100 valence electrons. The number of carbonyl (C=O) groups is 2. The molecule has 0 aliphatic heterocycles. The van der Waals surface area contributed by atoms with Gasteiger partial charge < -0.3 is 10.4 Å². The van der Waals surface area contributed by atoms with Crippen LogP contribution in [0.1, 0.15) is 40.5 Å². The van der Waals surface area contributed by atoms with Gasteiger partial charge in [0.15, 0.2) is 0 Å². The second kappa shape index (κ2) is 8.06. The molecule has 2 N–H and O–H groups in total. The van der Waals surface area contributed by atoms with E-state index in [0.29, 0.717) is 6.54 Å². The van der Waals surface area contributed by atoms with Gasteiger partial charge in [0.1, 0.15) is 0 Å². The summed E-state index contributed by atoms with van der Waals surface area (Å²) in [7, 11) is 0. The van der Waals surface area contributed by atoms with Crippen LogP contribution < -0.4 is 5.32 Å². The minimum atomic E-state index is -0.901. The zero-order valence-electron chi connectivity index (χ0n) is 11.2. The van der Waals surface area contributed by atoms with E-state index in [-0.39, 0.29) is 18.5 Å². The predicted octanol–water partition coefficient (Wildman–Crippen LogP) is 1.09. The SMILES string of the molecule is CCCN(CC(=O)O)C(C)C(=O)NC(C)CC. The highest BCUT2D eigenvalue weighted by Gasteiger charge is 2.23. The quantitative estimate of drug-likeness (QED) is 0.670. The van der Waals surface area contributed by atoms with Crippen molar-refractivity contribution < 1.29 is 14.7 Å². The fourth-order valence-electron chi connectivity index (χ4n) is 1.50. The molecule has 5 nitrogen and oxygen atoms in total. The first-order chi connectivity index (χ1) is 7.92. The zero-order valence-corrected chi connectivity index (χ0v) is 11.2. The molecule has 2 atom stereocenters. The largest absolute Gasteiger partial charge is 0.480 e. The molecule has 17 heavy (non-hydrogen) atoms. The molecule has 0 spiro atoms. The van der Waals surface area contributed by atoms with Crippen molar-refractivity contribution in [3.8, 4) is 0 Å². The summed E-state index contributed by atoms with van der Waals surface area (Å²) in [6.07, 6.45) is 1.69. The molecule has 0 heterocycles. The van der Waals surface area contributed by atoms with Crippen LogP contribution in [0.15, 0.2) is 0 Å². The number of hydrogen-bond donors (Lipinski definition) is 2. The Hall–Kier alpha value is -1.10. The lowest BCUT2D eigenvalue weighted by Gasteiger charge is -2.27. The molecule has 0 aromatic carbocycles. The van der Waals surface area contributed by atoms with E-state index in [9.17, 15) is 9.59 Å². The Balaban J connectivity index is 4.42. The van der Waals surface area contributed by atoms with Crippen molar-refractivity contribution in [2.75, 3.05) is 13.1 Å². The maximum Gasteiger partial charge on any atom is 0.317 e. The average molecular weight is 244 g/mol. The van der Waals surface area contributed by atoms with E-state index >= 15 is 0 Å². The number of aliphatic carboxylic acids is 1. The molecule has 0 aromatic rings. The summed E-state index contributed by atoms with van der Waals surface area (Å²) >= 11 is 0. The Morgan fingerprint density at radius 3 is 2.29 bits per heavy atom. The van der Waals surface area contributed by atoms with E-state index in [1.54, 1.807) is 11.8 Å². The van der Waals surface area contributed by atoms with Crippen molar-refractivity contribution in [1.82, 2.24) is 10.2 Å². The lowest BCUT2D eigenvalue weighted by molar-refractivity contribution is -0.139. The lowest BCUT2D eigenvalue weighted by atomic mass is 10.2. The molecule has 0 aliphatic rings. The van der Waals surface area contributed by atoms with E-state index in [4.69, 9.17) is 5.11 Å². The summed E-state index contributed by atoms with van der Waals surface area (Å²) in [6, 6.07) is -0.279. The van der Waals surface area contributed by atoms with E-state index in [2.05, 4.69) is 5.32 Å². The Bertz CT molecular complexity index is 256. The van der Waals surface area contributed by atoms with Gasteiger partial charge in [0, 0.05) is 6.04 Å². The van der Waals surface area contributed by atoms with Crippen LogP contribution in [0.2, 0.25) is 0 Å². The fourth-order valence-corrected chi connectivity index (χ4v) is 1.50. The van der Waals surface area contributed by atoms with Gasteiger partial charge in [-0.05, 0) is 33.2 Å². The first kappa shape index (κ1) is 15.9. The monoisotopic (exact) mass is 244 g/mol. The highest BCUT2D eigenvalue weighted by Crippen LogP contribution is 2.02. The third-order valence-corrected chi connectivity index (χ3v) is 2.78. The van der Waals surface area contributed by atoms with Gasteiger partial charge >= 0.3 is 5.97 Å². The predicted molar refractivity (Wildman–Crippen MR) is 66.9 cm³/mol. The maximum atomic E-state index is 11.9. The summed E-state index contributed by atoms with van der Waals surface area (Å²) in [6.45, 7) is 8.16. The number of rotatable bonds is 8. The van der Waals surface area contributed by atoms with Crippen LogP contribution in [-0.2, 0) is 9.59 Å². The number of hydrogen-bond acceptors (Lipinski definition) is 3. The summed E-state index contributed by atoms with van der Waals surface area (Å²) < 4.78 is 0. The van der Waals surface area contributed by atoms with Crippen LogP contribution in [-0.4, -0.2) is 47.1 Å². The van der Waals surface area contributed by atoms with E-state index in [0.717, 1.165) is 12.8 Å². The number of carboxylic acids is 1. The third kappa shape index (κ3) is 6.26. The summed E-state index contributed by atoms with van der Waals surface area (Å²) in [5.41, 5.74) is 0. The highest BCUT2D eigenvalue weighted by atomic mass is 16.4. The number of amides is 1. The van der Waals surface area contributed by atoms with Crippen molar-refractivity contribution in [3.63, 3.8) is 0 Å². The van der Waals surface area contributed by atoms with Crippen molar-refractivity contribution in [2.24, 2.45) is 0 Å². The highest BCUT2D eigenvalue weighted by molar-refractivity contribution is 5.82. The Labute approximate surface area is 103 Å². The second-order valence-electron chi connectivity index (χ2n) is 4.36. The smallest absolute Gasteiger partial charge is 0.317 e. The van der Waals surface area contributed by atoms with Gasteiger partial charge in [-0.15, -0.1) is 0 Å². The molecule has 0 aromatic heterocycles. The van der Waals surface area contributed by atoms with Crippen LogP contribution >= 0.6 is 0 Å². The van der Waals surface area contributed by atoms with Crippen LogP contribution in [0, 0.1) is 0 Å². The maximum absolute atomic E-state index is 11.9. The molecule has 0 saturated heterocycles. The number of nitrogens with one attached hydrogen (secondary N) is 1. The Morgan fingerprint density at radius 1 is 1.29 bits per heavy atom. The molecule has 0 bridgehead atoms. The summed E-state index contributed by atoms with van der Waals surface area (Å²) in [4.78, 5) is 24.3. The molecule has 0 fully saturated rings. The molecule has 0 radical (unpaired) electrons. The third-order valence-electron chi connectivity index (χ3n) is 2.78. The Kier molecular flexibility index (Phi) is 7.54. The minimum absolute atomic E-state index is 0.0943. The normalized spacial score (nSPS) is 14.4. The molecule has 1 amide bonds. The minimum Gasteiger partial charge on any atom is -0.480 e. The van der Waals surface area contributed by atoms with Crippen molar-refractivity contribution in [3.05, 3.63) is 0 Å².